The number of rotatable bonds is 5. The zero-order valence-corrected chi connectivity index (χ0v) is 31.8. The molecule has 0 unspecified atom stereocenters. The van der Waals surface area contributed by atoms with Gasteiger partial charge < -0.3 is 4.42 Å². The van der Waals surface area contributed by atoms with Crippen LogP contribution in [-0.4, -0.2) is 15.0 Å². The molecule has 0 aliphatic rings. The Balaban J connectivity index is 1.16. The van der Waals surface area contributed by atoms with Crippen molar-refractivity contribution in [3.05, 3.63) is 187 Å². The van der Waals surface area contributed by atoms with Crippen LogP contribution in [0, 0.1) is 6.92 Å². The second kappa shape index (κ2) is 13.3. The molecule has 0 spiro atoms. The monoisotopic (exact) mass is 784 g/mol. The van der Waals surface area contributed by atoms with Gasteiger partial charge in [0.15, 0.2) is 17.5 Å². The molecule has 5 heteroatoms. The van der Waals surface area contributed by atoms with Crippen LogP contribution in [0.4, 0.5) is 0 Å². The van der Waals surface area contributed by atoms with Crippen LogP contribution in [0.25, 0.3) is 120 Å². The van der Waals surface area contributed by atoms with Gasteiger partial charge >= 0.3 is 0 Å². The predicted molar refractivity (Wildman–Crippen MR) is 247 cm³/mol. The van der Waals surface area contributed by atoms with Crippen LogP contribution in [-0.2, 0) is 0 Å². The molecule has 0 fully saturated rings. The topological polar surface area (TPSA) is 51.8 Å². The van der Waals surface area contributed by atoms with Crippen LogP contribution in [0.5, 0.6) is 0 Å². The Morgan fingerprint density at radius 2 is 1.19 bits per heavy atom. The van der Waals surface area contributed by atoms with E-state index in [1.807, 2.05) is 66.7 Å². The van der Waals surface area contributed by atoms with E-state index in [0.717, 1.165) is 41.7 Å². The number of fused-ring (bicyclic) bond motifs is 9. The quantitative estimate of drug-likeness (QED) is 0.174. The lowest BCUT2D eigenvalue weighted by atomic mass is 9.96. The highest BCUT2D eigenvalue weighted by atomic mass is 32.1. The Morgan fingerprint density at radius 1 is 0.475 bits per heavy atom. The van der Waals surface area contributed by atoms with Crippen molar-refractivity contribution < 1.29 is 22.2 Å². The Kier molecular flexibility index (Phi) is 5.20. The number of furan rings is 1. The first kappa shape index (κ1) is 23.1. The summed E-state index contributed by atoms with van der Waals surface area (Å²) in [6, 6.07) is 26.3. The molecule has 0 aliphatic carbocycles. The van der Waals surface area contributed by atoms with Crippen LogP contribution >= 0.6 is 11.3 Å². The minimum Gasteiger partial charge on any atom is -0.455 e. The molecule has 0 bridgehead atoms. The third-order valence-corrected chi connectivity index (χ3v) is 11.9. The number of nitrogens with zero attached hydrogens (tertiary/aromatic N) is 3. The SMILES string of the molecule is [2H]c1cc(-c2ccc3sc4c5ccccc5ccc4c3c2)c2oc3c([2H])c([2H])c([2H])c([2H])c3c2c1-c1nc(-c2ccc3ccccc3c2)nc(-c2c([2H])c([2H])c(-c3c([2H])c([2H])c([2H])c([2H])c3C)c([2H])c2[2H])n1. The molecule has 0 saturated heterocycles. The van der Waals surface area contributed by atoms with E-state index in [-0.39, 0.29) is 79.3 Å². The molecular weight excluding hydrogens is 739 g/mol. The van der Waals surface area contributed by atoms with Gasteiger partial charge in [-0.1, -0.05) is 145 Å². The van der Waals surface area contributed by atoms with Crippen LogP contribution in [0.3, 0.4) is 0 Å². The Labute approximate surface area is 362 Å². The van der Waals surface area contributed by atoms with Gasteiger partial charge in [-0.2, -0.15) is 0 Å². The lowest BCUT2D eigenvalue weighted by Gasteiger charge is -2.12. The van der Waals surface area contributed by atoms with Crippen molar-refractivity contribution >= 4 is 75.0 Å². The number of para-hydroxylation sites is 1. The first-order valence-electron chi connectivity index (χ1n) is 25.3. The maximum absolute atomic E-state index is 9.87. The molecule has 4 nitrogen and oxygen atoms in total. The number of hydrogen-bond donors (Lipinski definition) is 0. The van der Waals surface area contributed by atoms with E-state index in [0.29, 0.717) is 16.7 Å². The molecular formula is C54H33N3OS. The highest BCUT2D eigenvalue weighted by Crippen LogP contribution is 2.44. The van der Waals surface area contributed by atoms with E-state index in [1.165, 1.54) is 6.92 Å². The van der Waals surface area contributed by atoms with Crippen molar-refractivity contribution in [2.45, 2.75) is 6.92 Å². The smallest absolute Gasteiger partial charge is 0.164 e. The van der Waals surface area contributed by atoms with E-state index in [9.17, 15) is 8.22 Å². The van der Waals surface area contributed by atoms with Crippen molar-refractivity contribution in [2.75, 3.05) is 0 Å². The van der Waals surface area contributed by atoms with E-state index < -0.39 is 66.5 Å². The molecule has 12 aromatic rings. The zero-order valence-electron chi connectivity index (χ0n) is 44.0. The molecule has 3 aromatic heterocycles. The molecule has 0 N–H and O–H groups in total. The number of hydrogen-bond acceptors (Lipinski definition) is 5. The molecule has 12 rings (SSSR count). The molecule has 0 aliphatic heterocycles. The summed E-state index contributed by atoms with van der Waals surface area (Å²) < 4.78 is 125. The van der Waals surface area contributed by atoms with Crippen LogP contribution in [0.15, 0.2) is 186 Å². The van der Waals surface area contributed by atoms with Crippen molar-refractivity contribution in [1.29, 1.82) is 0 Å². The second-order valence-electron chi connectivity index (χ2n) is 14.2. The summed E-state index contributed by atoms with van der Waals surface area (Å²) in [5.74, 6) is -0.504. The van der Waals surface area contributed by atoms with Crippen molar-refractivity contribution in [1.82, 2.24) is 15.0 Å². The van der Waals surface area contributed by atoms with Crippen LogP contribution < -0.4 is 0 Å². The van der Waals surface area contributed by atoms with Gasteiger partial charge in [-0.15, -0.1) is 11.3 Å². The lowest BCUT2D eigenvalue weighted by Crippen LogP contribution is -2.00. The average molecular weight is 785 g/mol. The molecule has 0 amide bonds. The summed E-state index contributed by atoms with van der Waals surface area (Å²) in [7, 11) is 0. The van der Waals surface area contributed by atoms with Gasteiger partial charge in [-0.25, -0.2) is 15.0 Å². The summed E-state index contributed by atoms with van der Waals surface area (Å²) >= 11 is 1.66. The van der Waals surface area contributed by atoms with Gasteiger partial charge in [-0.05, 0) is 87.1 Å². The fourth-order valence-corrected chi connectivity index (χ4v) is 9.04. The number of benzene rings is 9. The fourth-order valence-electron chi connectivity index (χ4n) is 7.82. The summed E-state index contributed by atoms with van der Waals surface area (Å²) in [5, 5.41) is 6.02. The van der Waals surface area contributed by atoms with Crippen molar-refractivity contribution in [2.24, 2.45) is 0 Å². The largest absolute Gasteiger partial charge is 0.455 e. The first-order valence-corrected chi connectivity index (χ1v) is 19.6. The third-order valence-electron chi connectivity index (χ3n) is 10.7. The highest BCUT2D eigenvalue weighted by Gasteiger charge is 2.22. The molecule has 0 radical (unpaired) electrons. The summed E-state index contributed by atoms with van der Waals surface area (Å²) in [6.45, 7) is 1.43. The average Bonchev–Trinajstić information content (AvgIpc) is 3.98. The molecule has 3 heterocycles. The summed E-state index contributed by atoms with van der Waals surface area (Å²) in [6.07, 6.45) is 0. The van der Waals surface area contributed by atoms with Gasteiger partial charge in [0.05, 0.1) is 17.8 Å². The Hall–Kier alpha value is -7.47. The molecule has 59 heavy (non-hydrogen) atoms. The van der Waals surface area contributed by atoms with Crippen LogP contribution in [0.1, 0.15) is 23.4 Å². The molecule has 0 atom stereocenters. The summed E-state index contributed by atoms with van der Waals surface area (Å²) in [4.78, 5) is 14.5. The summed E-state index contributed by atoms with van der Waals surface area (Å²) in [5.41, 5.74) is 0.623. The van der Waals surface area contributed by atoms with E-state index in [2.05, 4.69) is 24.3 Å². The Bertz CT molecular complexity index is 4360. The van der Waals surface area contributed by atoms with Gasteiger partial charge in [-0.3, -0.25) is 0 Å². The van der Waals surface area contributed by atoms with Crippen LogP contribution in [0.2, 0.25) is 0 Å². The highest BCUT2D eigenvalue weighted by molar-refractivity contribution is 7.26. The van der Waals surface area contributed by atoms with Gasteiger partial charge in [0.2, 0.25) is 0 Å². The van der Waals surface area contributed by atoms with Crippen molar-refractivity contribution in [3.8, 4) is 56.4 Å². The lowest BCUT2D eigenvalue weighted by molar-refractivity contribution is 0.670. The zero-order chi connectivity index (χ0) is 50.3. The minimum atomic E-state index is -0.613. The minimum absolute atomic E-state index is 0.0143. The van der Waals surface area contributed by atoms with Gasteiger partial charge in [0, 0.05) is 53.2 Å². The standard InChI is InChI=1S/C54H33N3OS/c1-32-10-2-6-14-40(32)35-19-21-36(22-20-35)52-55-53(39-23-18-33-11-3-4-13-37(33)30-39)57-54(56-52)45-28-27-41(50-49(45)44-16-8-9-17-47(44)58-50)38-25-29-48-46(31-38)43-26-24-34-12-5-7-15-42(34)51(43)59-48/h2-31H,1H3/i2D,6D,8D,9D,10D,14D,16D,17D,19D,20D,21D,22D,28D. The van der Waals surface area contributed by atoms with Gasteiger partial charge in [0.25, 0.3) is 0 Å². The second-order valence-corrected chi connectivity index (χ2v) is 15.2. The molecule has 0 saturated carbocycles. The molecule has 276 valence electrons. The molecule has 9 aromatic carbocycles. The van der Waals surface area contributed by atoms with Crippen molar-refractivity contribution in [3.63, 3.8) is 0 Å². The number of thiophene rings is 1. The number of aromatic nitrogens is 3. The fraction of sp³-hybridized carbons (Fsp3) is 0.0185. The maximum atomic E-state index is 9.87. The van der Waals surface area contributed by atoms with E-state index in [1.54, 1.807) is 23.5 Å². The third kappa shape index (κ3) is 5.54. The van der Waals surface area contributed by atoms with E-state index in [4.69, 9.17) is 29.0 Å². The first-order chi connectivity index (χ1) is 34.5. The van der Waals surface area contributed by atoms with E-state index >= 15 is 0 Å². The predicted octanol–water partition coefficient (Wildman–Crippen LogP) is 15.1. The Morgan fingerprint density at radius 3 is 2.08 bits per heavy atom. The normalized spacial score (nSPS) is 14.9. The van der Waals surface area contributed by atoms with Gasteiger partial charge in [0.1, 0.15) is 11.2 Å². The maximum Gasteiger partial charge on any atom is 0.164 e.